The molecule has 0 saturated heterocycles. The maximum atomic E-state index is 10.3. The molecule has 1 aliphatic rings. The van der Waals surface area contributed by atoms with Crippen LogP contribution in [-0.4, -0.2) is 31.0 Å². The van der Waals surface area contributed by atoms with Crippen LogP contribution in [0.15, 0.2) is 18.2 Å². The van der Waals surface area contributed by atoms with Gasteiger partial charge < -0.3 is 31.7 Å². The molecule has 0 saturated carbocycles. The molecule has 1 aromatic carbocycles. The van der Waals surface area contributed by atoms with Crippen LogP contribution in [0.3, 0.4) is 0 Å². The largest absolute Gasteiger partial charge is 1.00 e. The molecule has 0 fully saturated rings. The third-order valence-electron chi connectivity index (χ3n) is 4.27. The molecule has 2 heterocycles. The van der Waals surface area contributed by atoms with Crippen LogP contribution in [0.2, 0.25) is 0 Å². The van der Waals surface area contributed by atoms with Crippen LogP contribution in [0.4, 0.5) is 0 Å². The summed E-state index contributed by atoms with van der Waals surface area (Å²) in [5.74, 6) is 2.27. The Balaban J connectivity index is 0.00000192. The summed E-state index contributed by atoms with van der Waals surface area (Å²) in [6.07, 6.45) is 0.314. The fourth-order valence-corrected chi connectivity index (χ4v) is 3.10. The van der Waals surface area contributed by atoms with Gasteiger partial charge in [-0.3, -0.25) is 0 Å². The molecule has 2 aromatic rings. The third-order valence-corrected chi connectivity index (χ3v) is 4.27. The van der Waals surface area contributed by atoms with Crippen LogP contribution in [0.5, 0.6) is 17.4 Å². The number of hydrogen-bond acceptors (Lipinski definition) is 4. The van der Waals surface area contributed by atoms with E-state index in [1.807, 2.05) is 29.8 Å². The van der Waals surface area contributed by atoms with Crippen molar-refractivity contribution in [3.8, 4) is 17.4 Å². The molecule has 5 nitrogen and oxygen atoms in total. The van der Waals surface area contributed by atoms with Crippen molar-refractivity contribution in [1.82, 2.24) is 0 Å². The maximum absolute atomic E-state index is 10.3. The van der Waals surface area contributed by atoms with E-state index < -0.39 is 5.60 Å². The zero-order valence-electron chi connectivity index (χ0n) is 14.0. The molecule has 0 aliphatic carbocycles. The smallest absolute Gasteiger partial charge is 0.375 e. The number of fused-ring (bicyclic) bond motifs is 2. The summed E-state index contributed by atoms with van der Waals surface area (Å²) < 4.78 is 19.1. The van der Waals surface area contributed by atoms with Crippen LogP contribution in [0.25, 0.3) is 10.9 Å². The van der Waals surface area contributed by atoms with Crippen LogP contribution < -0.4 is 31.2 Å². The van der Waals surface area contributed by atoms with Crippen LogP contribution in [-0.2, 0) is 13.5 Å². The fourth-order valence-electron chi connectivity index (χ4n) is 3.10. The van der Waals surface area contributed by atoms with Gasteiger partial charge in [0.2, 0.25) is 0 Å². The topological polar surface area (TPSA) is 51.8 Å². The summed E-state index contributed by atoms with van der Waals surface area (Å²) in [7, 11) is 5.25. The molecule has 0 bridgehead atoms. The van der Waals surface area contributed by atoms with Crippen LogP contribution in [0.1, 0.15) is 19.4 Å². The number of halogens is 1. The van der Waals surface area contributed by atoms with Crippen molar-refractivity contribution in [2.24, 2.45) is 7.05 Å². The third kappa shape index (κ3) is 2.68. The standard InChI is InChI=1S/C17H22NO4.ClH/c1-17(2,19)13-9-11-15(21-5)10-7-6-8-12(20-4)14(10)18(3)16(11)22-13;/h6-8,13,19H,9H2,1-5H3;1H/q+1;/p-1/t13-;/m1./s1. The molecular formula is C17H22ClNO4. The Morgan fingerprint density at radius 1 is 1.26 bits per heavy atom. The second kappa shape index (κ2) is 6.06. The Kier molecular flexibility index (Phi) is 4.64. The molecule has 1 N–H and O–H groups in total. The average molecular weight is 340 g/mol. The van der Waals surface area contributed by atoms with Gasteiger partial charge >= 0.3 is 5.88 Å². The van der Waals surface area contributed by atoms with Gasteiger partial charge in [0.15, 0.2) is 5.75 Å². The zero-order chi connectivity index (χ0) is 16.1. The summed E-state index contributed by atoms with van der Waals surface area (Å²) >= 11 is 0. The molecule has 1 aromatic heterocycles. The van der Waals surface area contributed by atoms with E-state index in [4.69, 9.17) is 14.2 Å². The number of aryl methyl sites for hydroxylation is 1. The molecule has 23 heavy (non-hydrogen) atoms. The van der Waals surface area contributed by atoms with Gasteiger partial charge in [-0.25, -0.2) is 0 Å². The van der Waals surface area contributed by atoms with E-state index >= 15 is 0 Å². The lowest BCUT2D eigenvalue weighted by molar-refractivity contribution is -0.651. The van der Waals surface area contributed by atoms with E-state index in [1.54, 1.807) is 28.1 Å². The lowest BCUT2D eigenvalue weighted by Crippen LogP contribution is -3.00. The average Bonchev–Trinajstić information content (AvgIpc) is 2.92. The molecular weight excluding hydrogens is 318 g/mol. The Hall–Kier alpha value is -1.72. The minimum Gasteiger partial charge on any atom is -1.00 e. The predicted octanol–water partition coefficient (Wildman–Crippen LogP) is -1.24. The molecule has 3 rings (SSSR count). The SMILES string of the molecule is COc1c2c([n+](C)c3c(OC)cccc13)O[C@@H](C(C)(C)O)C2.[Cl-]. The van der Waals surface area contributed by atoms with Crippen molar-refractivity contribution < 1.29 is 36.3 Å². The molecule has 0 unspecified atom stereocenters. The number of hydrogen-bond donors (Lipinski definition) is 1. The Morgan fingerprint density at radius 3 is 2.52 bits per heavy atom. The number of aromatic nitrogens is 1. The van der Waals surface area contributed by atoms with Gasteiger partial charge in [-0.15, -0.1) is 0 Å². The summed E-state index contributed by atoms with van der Waals surface area (Å²) in [5, 5.41) is 11.3. The number of aliphatic hydroxyl groups is 1. The van der Waals surface area contributed by atoms with Gasteiger partial charge in [0.05, 0.1) is 25.2 Å². The van der Waals surface area contributed by atoms with Gasteiger partial charge in [-0.2, -0.15) is 4.57 Å². The number of ether oxygens (including phenoxy) is 3. The van der Waals surface area contributed by atoms with Gasteiger partial charge in [-0.1, -0.05) is 6.07 Å². The maximum Gasteiger partial charge on any atom is 0.375 e. The highest BCUT2D eigenvalue weighted by molar-refractivity contribution is 5.89. The van der Waals surface area contributed by atoms with Gasteiger partial charge in [0.25, 0.3) is 5.52 Å². The zero-order valence-corrected chi connectivity index (χ0v) is 14.8. The number of nitrogens with zero attached hydrogens (tertiary/aromatic N) is 1. The van der Waals surface area contributed by atoms with E-state index in [0.29, 0.717) is 6.42 Å². The molecule has 0 amide bonds. The fraction of sp³-hybridized carbons (Fsp3) is 0.471. The van der Waals surface area contributed by atoms with Crippen molar-refractivity contribution in [1.29, 1.82) is 0 Å². The number of para-hydroxylation sites is 1. The Morgan fingerprint density at radius 2 is 1.96 bits per heavy atom. The molecule has 126 valence electrons. The first-order valence-corrected chi connectivity index (χ1v) is 7.33. The van der Waals surface area contributed by atoms with Gasteiger partial charge in [-0.05, 0) is 26.0 Å². The summed E-state index contributed by atoms with van der Waals surface area (Å²) in [6.45, 7) is 3.52. The highest BCUT2D eigenvalue weighted by atomic mass is 35.5. The molecule has 0 radical (unpaired) electrons. The quantitative estimate of drug-likeness (QED) is 0.711. The van der Waals surface area contributed by atoms with Gasteiger partial charge in [0.1, 0.15) is 24.5 Å². The minimum atomic E-state index is -0.923. The number of benzene rings is 1. The van der Waals surface area contributed by atoms with Crippen molar-refractivity contribution in [3.05, 3.63) is 23.8 Å². The minimum absolute atomic E-state index is 0. The summed E-state index contributed by atoms with van der Waals surface area (Å²) in [5.41, 5.74) is 0.975. The Labute approximate surface area is 142 Å². The van der Waals surface area contributed by atoms with E-state index in [0.717, 1.165) is 33.8 Å². The normalized spacial score (nSPS) is 16.5. The number of methoxy groups -OCH3 is 2. The van der Waals surface area contributed by atoms with Crippen molar-refractivity contribution in [2.75, 3.05) is 14.2 Å². The van der Waals surface area contributed by atoms with Crippen molar-refractivity contribution in [3.63, 3.8) is 0 Å². The number of pyridine rings is 1. The van der Waals surface area contributed by atoms with E-state index in [1.165, 1.54) is 0 Å². The molecule has 1 atom stereocenters. The summed E-state index contributed by atoms with van der Waals surface area (Å²) in [4.78, 5) is 0. The monoisotopic (exact) mass is 339 g/mol. The number of rotatable bonds is 3. The summed E-state index contributed by atoms with van der Waals surface area (Å²) in [6, 6.07) is 5.87. The van der Waals surface area contributed by atoms with E-state index in [9.17, 15) is 5.11 Å². The van der Waals surface area contributed by atoms with E-state index in [-0.39, 0.29) is 18.5 Å². The van der Waals surface area contributed by atoms with Crippen LogP contribution in [0, 0.1) is 0 Å². The highest BCUT2D eigenvalue weighted by Crippen LogP contribution is 2.42. The molecule has 6 heteroatoms. The molecule has 1 aliphatic heterocycles. The van der Waals surface area contributed by atoms with Gasteiger partial charge in [0, 0.05) is 6.42 Å². The van der Waals surface area contributed by atoms with Crippen molar-refractivity contribution in [2.45, 2.75) is 32.0 Å². The van der Waals surface area contributed by atoms with E-state index in [2.05, 4.69) is 0 Å². The van der Waals surface area contributed by atoms with Crippen LogP contribution >= 0.6 is 0 Å². The lowest BCUT2D eigenvalue weighted by atomic mass is 9.96. The second-order valence-electron chi connectivity index (χ2n) is 6.20. The first-order valence-electron chi connectivity index (χ1n) is 7.33. The Bertz CT molecular complexity index is 740. The second-order valence-corrected chi connectivity index (χ2v) is 6.20. The lowest BCUT2D eigenvalue weighted by Gasteiger charge is -2.23. The predicted molar refractivity (Wildman–Crippen MR) is 82.6 cm³/mol. The first kappa shape index (κ1) is 17.6. The molecule has 0 spiro atoms. The van der Waals surface area contributed by atoms with Crippen molar-refractivity contribution >= 4 is 10.9 Å². The highest BCUT2D eigenvalue weighted by Gasteiger charge is 2.42. The first-order chi connectivity index (χ1) is 10.4.